The van der Waals surface area contributed by atoms with Gasteiger partial charge in [0.15, 0.2) is 0 Å². The molecule has 0 aliphatic heterocycles. The van der Waals surface area contributed by atoms with Crippen LogP contribution >= 0.6 is 0 Å². The van der Waals surface area contributed by atoms with Crippen molar-refractivity contribution in [1.82, 2.24) is 9.97 Å². The summed E-state index contributed by atoms with van der Waals surface area (Å²) >= 11 is 0. The van der Waals surface area contributed by atoms with Crippen molar-refractivity contribution in [2.75, 3.05) is 0 Å². The lowest BCUT2D eigenvalue weighted by atomic mass is 9.79. The molecule has 142 valence electrons. The van der Waals surface area contributed by atoms with Crippen LogP contribution in [0, 0.1) is 12.8 Å². The zero-order valence-electron chi connectivity index (χ0n) is 17.0. The second kappa shape index (κ2) is 11.6. The third-order valence-corrected chi connectivity index (χ3v) is 6.08. The molecule has 0 saturated heterocycles. The summed E-state index contributed by atoms with van der Waals surface area (Å²) in [6.07, 6.45) is 20.9. The second-order valence-corrected chi connectivity index (χ2v) is 8.22. The van der Waals surface area contributed by atoms with Gasteiger partial charge in [-0.25, -0.2) is 9.97 Å². The van der Waals surface area contributed by atoms with E-state index in [1.807, 2.05) is 0 Å². The van der Waals surface area contributed by atoms with E-state index in [2.05, 4.69) is 27.0 Å². The highest BCUT2D eigenvalue weighted by Crippen LogP contribution is 2.36. The molecule has 0 aromatic carbocycles. The molecule has 2 heteroatoms. The van der Waals surface area contributed by atoms with Crippen LogP contribution in [-0.2, 0) is 6.42 Å². The van der Waals surface area contributed by atoms with Gasteiger partial charge in [0.25, 0.3) is 0 Å². The zero-order chi connectivity index (χ0) is 17.9. The Labute approximate surface area is 156 Å². The molecule has 0 unspecified atom stereocenters. The smallest absolute Gasteiger partial charge is 0.131 e. The topological polar surface area (TPSA) is 25.8 Å². The van der Waals surface area contributed by atoms with Crippen LogP contribution in [0.2, 0.25) is 0 Å². The average Bonchev–Trinajstić information content (AvgIpc) is 2.63. The lowest BCUT2D eigenvalue weighted by molar-refractivity contribution is 0.297. The van der Waals surface area contributed by atoms with Crippen molar-refractivity contribution < 1.29 is 0 Å². The fraction of sp³-hybridized carbons (Fsp3) is 0.826. The second-order valence-electron chi connectivity index (χ2n) is 8.22. The van der Waals surface area contributed by atoms with E-state index in [9.17, 15) is 0 Å². The number of hydrogen-bond acceptors (Lipinski definition) is 2. The Morgan fingerprint density at radius 2 is 1.56 bits per heavy atom. The minimum atomic E-state index is 0.611. The Balaban J connectivity index is 1.76. The van der Waals surface area contributed by atoms with Crippen LogP contribution in [0.15, 0.2) is 6.20 Å². The fourth-order valence-electron chi connectivity index (χ4n) is 4.26. The van der Waals surface area contributed by atoms with Crippen LogP contribution in [0.4, 0.5) is 0 Å². The fourth-order valence-corrected chi connectivity index (χ4v) is 4.26. The maximum atomic E-state index is 4.90. The number of unbranched alkanes of at least 4 members (excludes halogenated alkanes) is 6. The van der Waals surface area contributed by atoms with E-state index in [0.717, 1.165) is 18.2 Å². The summed E-state index contributed by atoms with van der Waals surface area (Å²) in [5.74, 6) is 2.70. The Hall–Kier alpha value is -0.920. The third kappa shape index (κ3) is 7.07. The molecule has 1 heterocycles. The number of rotatable bonds is 11. The number of aromatic nitrogens is 2. The lowest BCUT2D eigenvalue weighted by Gasteiger charge is -2.28. The molecule has 0 amide bonds. The van der Waals surface area contributed by atoms with Crippen molar-refractivity contribution in [3.8, 4) is 0 Å². The summed E-state index contributed by atoms with van der Waals surface area (Å²) in [7, 11) is 0. The van der Waals surface area contributed by atoms with Gasteiger partial charge in [0, 0.05) is 17.8 Å². The predicted molar refractivity (Wildman–Crippen MR) is 108 cm³/mol. The van der Waals surface area contributed by atoms with Crippen molar-refractivity contribution in [1.29, 1.82) is 0 Å². The van der Waals surface area contributed by atoms with Crippen LogP contribution in [0.1, 0.15) is 120 Å². The van der Waals surface area contributed by atoms with Gasteiger partial charge in [0.2, 0.25) is 0 Å². The van der Waals surface area contributed by atoms with E-state index in [1.165, 1.54) is 94.7 Å². The van der Waals surface area contributed by atoms with Gasteiger partial charge in [-0.2, -0.15) is 0 Å². The highest BCUT2D eigenvalue weighted by Gasteiger charge is 2.24. The summed E-state index contributed by atoms with van der Waals surface area (Å²) in [4.78, 5) is 9.67. The highest BCUT2D eigenvalue weighted by atomic mass is 14.9. The molecular formula is C23H40N2. The van der Waals surface area contributed by atoms with Crippen LogP contribution < -0.4 is 0 Å². The van der Waals surface area contributed by atoms with Gasteiger partial charge in [0.1, 0.15) is 5.82 Å². The van der Waals surface area contributed by atoms with E-state index >= 15 is 0 Å². The first-order valence-electron chi connectivity index (χ1n) is 11.1. The summed E-state index contributed by atoms with van der Waals surface area (Å²) < 4.78 is 0. The van der Waals surface area contributed by atoms with E-state index in [4.69, 9.17) is 9.97 Å². The summed E-state index contributed by atoms with van der Waals surface area (Å²) in [6.45, 7) is 6.75. The first kappa shape index (κ1) is 20.4. The maximum Gasteiger partial charge on any atom is 0.131 e. The van der Waals surface area contributed by atoms with Crippen LogP contribution in [-0.4, -0.2) is 9.97 Å². The molecule has 25 heavy (non-hydrogen) atoms. The molecule has 1 aliphatic carbocycles. The number of aryl methyl sites for hydroxylation is 2. The molecule has 1 aromatic rings. The lowest BCUT2D eigenvalue weighted by Crippen LogP contribution is -2.16. The molecule has 0 spiro atoms. The van der Waals surface area contributed by atoms with Crippen molar-refractivity contribution in [3.05, 3.63) is 23.3 Å². The van der Waals surface area contributed by atoms with E-state index in [0.29, 0.717) is 5.92 Å². The molecule has 2 nitrogen and oxygen atoms in total. The third-order valence-electron chi connectivity index (χ3n) is 6.08. The zero-order valence-corrected chi connectivity index (χ0v) is 17.0. The SMILES string of the molecule is CCCCCCCc1cnc([C@H]2CC[C@H](CCCCC)CC2)nc1C. The number of hydrogen-bond donors (Lipinski definition) is 0. The molecule has 0 atom stereocenters. The highest BCUT2D eigenvalue weighted by molar-refractivity contribution is 5.17. The van der Waals surface area contributed by atoms with Gasteiger partial charge in [-0.1, -0.05) is 65.2 Å². The standard InChI is InChI=1S/C23H40N2/c1-4-6-8-9-11-13-22-18-24-23(25-19(22)3)21-16-14-20(15-17-21)12-10-7-5-2/h18,20-21H,4-17H2,1-3H3/t20-,21-. The van der Waals surface area contributed by atoms with Crippen LogP contribution in [0.5, 0.6) is 0 Å². The van der Waals surface area contributed by atoms with Gasteiger partial charge in [-0.3, -0.25) is 0 Å². The Morgan fingerprint density at radius 1 is 0.880 bits per heavy atom. The quantitative estimate of drug-likeness (QED) is 0.398. The molecule has 1 saturated carbocycles. The predicted octanol–water partition coefficient (Wildman–Crippen LogP) is 7.15. The van der Waals surface area contributed by atoms with Crippen molar-refractivity contribution in [2.45, 2.75) is 117 Å². The van der Waals surface area contributed by atoms with Gasteiger partial charge in [-0.15, -0.1) is 0 Å². The van der Waals surface area contributed by atoms with E-state index < -0.39 is 0 Å². The van der Waals surface area contributed by atoms with Gasteiger partial charge < -0.3 is 0 Å². The van der Waals surface area contributed by atoms with Crippen molar-refractivity contribution >= 4 is 0 Å². The Kier molecular flexibility index (Phi) is 9.50. The van der Waals surface area contributed by atoms with E-state index in [1.54, 1.807) is 0 Å². The van der Waals surface area contributed by atoms with Crippen molar-refractivity contribution in [3.63, 3.8) is 0 Å². The van der Waals surface area contributed by atoms with Crippen molar-refractivity contribution in [2.24, 2.45) is 5.92 Å². The largest absolute Gasteiger partial charge is 0.241 e. The molecule has 0 bridgehead atoms. The molecule has 1 fully saturated rings. The molecule has 1 aromatic heterocycles. The Bertz CT molecular complexity index is 475. The molecular weight excluding hydrogens is 304 g/mol. The first-order valence-corrected chi connectivity index (χ1v) is 11.1. The van der Waals surface area contributed by atoms with E-state index in [-0.39, 0.29) is 0 Å². The van der Waals surface area contributed by atoms with Gasteiger partial charge >= 0.3 is 0 Å². The van der Waals surface area contributed by atoms with Crippen LogP contribution in [0.25, 0.3) is 0 Å². The summed E-state index contributed by atoms with van der Waals surface area (Å²) in [5.41, 5.74) is 2.60. The summed E-state index contributed by atoms with van der Waals surface area (Å²) in [6, 6.07) is 0. The first-order chi connectivity index (χ1) is 12.2. The minimum Gasteiger partial charge on any atom is -0.241 e. The summed E-state index contributed by atoms with van der Waals surface area (Å²) in [5, 5.41) is 0. The van der Waals surface area contributed by atoms with Crippen LogP contribution in [0.3, 0.4) is 0 Å². The monoisotopic (exact) mass is 344 g/mol. The van der Waals surface area contributed by atoms with Gasteiger partial charge in [0.05, 0.1) is 0 Å². The molecule has 0 N–H and O–H groups in total. The molecule has 2 rings (SSSR count). The minimum absolute atomic E-state index is 0.611. The average molecular weight is 345 g/mol. The maximum absolute atomic E-state index is 4.90. The molecule has 1 aliphatic rings. The number of nitrogens with zero attached hydrogens (tertiary/aromatic N) is 2. The normalized spacial score (nSPS) is 20.8. The molecule has 0 radical (unpaired) electrons. The van der Waals surface area contributed by atoms with Gasteiger partial charge in [-0.05, 0) is 56.9 Å². The Morgan fingerprint density at radius 3 is 2.24 bits per heavy atom.